The molecule has 1 nitrogen and oxygen atoms in total. The van der Waals surface area contributed by atoms with E-state index in [0.29, 0.717) is 12.2 Å². The quantitative estimate of drug-likeness (QED) is 0.668. The van der Waals surface area contributed by atoms with Gasteiger partial charge in [0.15, 0.2) is 0 Å². The van der Waals surface area contributed by atoms with Crippen LogP contribution in [0.3, 0.4) is 0 Å². The summed E-state index contributed by atoms with van der Waals surface area (Å²) in [5, 5.41) is 0. The predicted octanol–water partition coefficient (Wildman–Crippen LogP) is 4.40. The number of ether oxygens (including phenoxy) is 1. The Labute approximate surface area is 104 Å². The van der Waals surface area contributed by atoms with Gasteiger partial charge in [-0.15, -0.1) is 0 Å². The van der Waals surface area contributed by atoms with Crippen LogP contribution < -0.4 is 0 Å². The van der Waals surface area contributed by atoms with Crippen molar-refractivity contribution in [2.75, 3.05) is 0 Å². The molecule has 1 fully saturated rings. The van der Waals surface area contributed by atoms with Crippen LogP contribution in [0.15, 0.2) is 18.2 Å². The summed E-state index contributed by atoms with van der Waals surface area (Å²) in [5.74, 6) is 0. The molecule has 0 radical (unpaired) electrons. The van der Waals surface area contributed by atoms with Crippen molar-refractivity contribution in [3.8, 4) is 0 Å². The molecule has 98 valence electrons. The van der Waals surface area contributed by atoms with E-state index in [1.165, 1.54) is 18.6 Å². The molecule has 2 aliphatic rings. The van der Waals surface area contributed by atoms with Crippen LogP contribution in [0.1, 0.15) is 48.8 Å². The van der Waals surface area contributed by atoms with Crippen LogP contribution in [0.2, 0.25) is 0 Å². The lowest BCUT2D eigenvalue weighted by atomic mass is 9.79. The number of rotatable bonds is 0. The van der Waals surface area contributed by atoms with Crippen LogP contribution in [0.4, 0.5) is 13.2 Å². The highest BCUT2D eigenvalue weighted by Gasteiger charge is 2.42. The van der Waals surface area contributed by atoms with Gasteiger partial charge in [-0.1, -0.05) is 25.3 Å². The summed E-state index contributed by atoms with van der Waals surface area (Å²) in [6, 6.07) is 4.05. The Morgan fingerprint density at radius 2 is 1.78 bits per heavy atom. The van der Waals surface area contributed by atoms with Gasteiger partial charge >= 0.3 is 6.18 Å². The maximum atomic E-state index is 12.6. The highest BCUT2D eigenvalue weighted by molar-refractivity contribution is 5.39. The van der Waals surface area contributed by atoms with Crippen molar-refractivity contribution in [3.63, 3.8) is 0 Å². The van der Waals surface area contributed by atoms with E-state index in [1.807, 2.05) is 0 Å². The summed E-state index contributed by atoms with van der Waals surface area (Å²) in [4.78, 5) is 0. The van der Waals surface area contributed by atoms with Gasteiger partial charge in [0.25, 0.3) is 0 Å². The van der Waals surface area contributed by atoms with Gasteiger partial charge in [-0.05, 0) is 36.1 Å². The molecule has 0 saturated heterocycles. The molecule has 4 heteroatoms. The third kappa shape index (κ3) is 1.83. The molecule has 0 amide bonds. The number of fused-ring (bicyclic) bond motifs is 2. The van der Waals surface area contributed by atoms with E-state index < -0.39 is 11.7 Å². The fourth-order valence-corrected chi connectivity index (χ4v) is 3.16. The van der Waals surface area contributed by atoms with Crippen molar-refractivity contribution < 1.29 is 17.9 Å². The molecule has 0 bridgehead atoms. The van der Waals surface area contributed by atoms with Gasteiger partial charge in [-0.2, -0.15) is 13.2 Å². The third-order valence-electron chi connectivity index (χ3n) is 4.09. The summed E-state index contributed by atoms with van der Waals surface area (Å²) in [7, 11) is 0. The maximum Gasteiger partial charge on any atom is 0.416 e. The van der Waals surface area contributed by atoms with Crippen molar-refractivity contribution in [1.29, 1.82) is 0 Å². The van der Waals surface area contributed by atoms with Crippen LogP contribution >= 0.6 is 0 Å². The summed E-state index contributed by atoms with van der Waals surface area (Å²) in [5.41, 5.74) is 0.831. The zero-order valence-electron chi connectivity index (χ0n) is 10.0. The molecule has 0 N–H and O–H groups in total. The molecular formula is C14H15F3O. The van der Waals surface area contributed by atoms with Gasteiger partial charge in [-0.3, -0.25) is 0 Å². The van der Waals surface area contributed by atoms with Crippen molar-refractivity contribution in [2.24, 2.45) is 0 Å². The summed E-state index contributed by atoms with van der Waals surface area (Å²) in [6.45, 7) is 0.319. The maximum absolute atomic E-state index is 12.6. The van der Waals surface area contributed by atoms with Gasteiger partial charge in [0.1, 0.15) is 0 Å². The summed E-state index contributed by atoms with van der Waals surface area (Å²) < 4.78 is 43.8. The molecule has 1 aliphatic heterocycles. The second-order valence-electron chi connectivity index (χ2n) is 5.21. The first-order valence-corrected chi connectivity index (χ1v) is 6.36. The zero-order valence-corrected chi connectivity index (χ0v) is 10.0. The van der Waals surface area contributed by atoms with Gasteiger partial charge < -0.3 is 4.74 Å². The van der Waals surface area contributed by atoms with E-state index >= 15 is 0 Å². The molecule has 1 aromatic rings. The molecule has 0 aromatic heterocycles. The van der Waals surface area contributed by atoms with E-state index in [2.05, 4.69) is 0 Å². The minimum absolute atomic E-state index is 0.294. The minimum Gasteiger partial charge on any atom is -0.366 e. The van der Waals surface area contributed by atoms with E-state index in [-0.39, 0.29) is 5.60 Å². The fourth-order valence-electron chi connectivity index (χ4n) is 3.16. The standard InChI is InChI=1S/C14H15F3O/c15-14(16,17)11-4-5-12-10(8-11)9-18-13(12)6-2-1-3-7-13/h4-5,8H,1-3,6-7,9H2. The molecular weight excluding hydrogens is 241 g/mol. The number of benzene rings is 1. The van der Waals surface area contributed by atoms with Gasteiger partial charge in [0.05, 0.1) is 17.8 Å². The Bertz CT molecular complexity index is 459. The SMILES string of the molecule is FC(F)(F)c1ccc2c(c1)COC21CCCCC1. The lowest BCUT2D eigenvalue weighted by Gasteiger charge is -2.33. The summed E-state index contributed by atoms with van der Waals surface area (Å²) in [6.07, 6.45) is 0.996. The van der Waals surface area contributed by atoms with Crippen LogP contribution in [0.5, 0.6) is 0 Å². The zero-order chi connectivity index (χ0) is 12.8. The predicted molar refractivity (Wildman–Crippen MR) is 61.0 cm³/mol. The molecule has 1 aromatic carbocycles. The average Bonchev–Trinajstić information content (AvgIpc) is 2.68. The van der Waals surface area contributed by atoms with Crippen LogP contribution in [-0.4, -0.2) is 0 Å². The highest BCUT2D eigenvalue weighted by Crippen LogP contribution is 2.47. The van der Waals surface area contributed by atoms with Crippen molar-refractivity contribution >= 4 is 0 Å². The molecule has 1 aliphatic carbocycles. The van der Waals surface area contributed by atoms with E-state index in [9.17, 15) is 13.2 Å². The first kappa shape index (κ1) is 12.0. The largest absolute Gasteiger partial charge is 0.416 e. The number of hydrogen-bond donors (Lipinski definition) is 0. The minimum atomic E-state index is -4.27. The van der Waals surface area contributed by atoms with E-state index in [1.54, 1.807) is 6.07 Å². The normalized spacial score (nSPS) is 22.2. The average molecular weight is 256 g/mol. The molecule has 0 atom stereocenters. The molecule has 1 spiro atoms. The number of hydrogen-bond acceptors (Lipinski definition) is 1. The smallest absolute Gasteiger partial charge is 0.366 e. The Balaban J connectivity index is 1.98. The van der Waals surface area contributed by atoms with Crippen molar-refractivity contribution in [1.82, 2.24) is 0 Å². The van der Waals surface area contributed by atoms with Gasteiger partial charge in [0, 0.05) is 0 Å². The molecule has 1 saturated carbocycles. The second kappa shape index (κ2) is 3.98. The first-order valence-electron chi connectivity index (χ1n) is 6.36. The molecule has 3 rings (SSSR count). The van der Waals surface area contributed by atoms with Gasteiger partial charge in [0.2, 0.25) is 0 Å². The molecule has 1 heterocycles. The Kier molecular flexibility index (Phi) is 2.66. The lowest BCUT2D eigenvalue weighted by Crippen LogP contribution is -2.28. The summed E-state index contributed by atoms with van der Waals surface area (Å²) >= 11 is 0. The van der Waals surface area contributed by atoms with E-state index in [0.717, 1.165) is 31.2 Å². The van der Waals surface area contributed by atoms with Crippen molar-refractivity contribution in [3.05, 3.63) is 34.9 Å². The number of alkyl halides is 3. The third-order valence-corrected chi connectivity index (χ3v) is 4.09. The number of halogens is 3. The Morgan fingerprint density at radius 1 is 1.06 bits per heavy atom. The van der Waals surface area contributed by atoms with Crippen LogP contribution in [-0.2, 0) is 23.1 Å². The monoisotopic (exact) mass is 256 g/mol. The topological polar surface area (TPSA) is 9.23 Å². The molecule has 18 heavy (non-hydrogen) atoms. The van der Waals surface area contributed by atoms with Crippen molar-refractivity contribution in [2.45, 2.75) is 50.5 Å². The first-order chi connectivity index (χ1) is 8.51. The van der Waals surface area contributed by atoms with E-state index in [4.69, 9.17) is 4.74 Å². The highest BCUT2D eigenvalue weighted by atomic mass is 19.4. The van der Waals surface area contributed by atoms with Crippen LogP contribution in [0.25, 0.3) is 0 Å². The Hall–Kier alpha value is -1.03. The Morgan fingerprint density at radius 3 is 2.44 bits per heavy atom. The second-order valence-corrected chi connectivity index (χ2v) is 5.21. The van der Waals surface area contributed by atoms with Crippen LogP contribution in [0, 0.1) is 0 Å². The fraction of sp³-hybridized carbons (Fsp3) is 0.571. The molecule has 0 unspecified atom stereocenters. The van der Waals surface area contributed by atoms with Gasteiger partial charge in [-0.25, -0.2) is 0 Å². The lowest BCUT2D eigenvalue weighted by molar-refractivity contribution is -0.137.